The molecule has 2 saturated carbocycles. The summed E-state index contributed by atoms with van der Waals surface area (Å²) in [6.07, 6.45) is 9.21. The van der Waals surface area contributed by atoms with Crippen molar-refractivity contribution in [2.75, 3.05) is 38.6 Å². The first-order valence-electron chi connectivity index (χ1n) is 20.4. The fourth-order valence-electron chi connectivity index (χ4n) is 9.94. The molecule has 4 heterocycles. The maximum Gasteiger partial charge on any atom is 0.309 e. The molecule has 0 unspecified atom stereocenters. The molecule has 2 aromatic heterocycles. The van der Waals surface area contributed by atoms with Crippen LogP contribution in [0.3, 0.4) is 0 Å². The van der Waals surface area contributed by atoms with E-state index in [0.29, 0.717) is 59.0 Å². The number of aliphatic carboxylic acids is 1. The van der Waals surface area contributed by atoms with Gasteiger partial charge in [0.2, 0.25) is 5.91 Å². The second-order valence-corrected chi connectivity index (χ2v) is 17.6. The SMILES string of the molecule is COc1cc(-c2nccc(-c3cccc(NC(=O)c4nc5c(n4C)CCN(CCC46CCC(C(=O)O)(CC4)C6)C5)c3Cl)c2Cl)cc(F)c1CNC1CCN(C(C)=O)CC1. The van der Waals surface area contributed by atoms with Crippen molar-refractivity contribution in [2.45, 2.75) is 83.8 Å². The fraction of sp³-hybridized carbons (Fsp3) is 0.477. The van der Waals surface area contributed by atoms with Crippen LogP contribution >= 0.6 is 23.2 Å². The molecule has 2 aromatic carbocycles. The third kappa shape index (κ3) is 7.94. The van der Waals surface area contributed by atoms with Gasteiger partial charge in [0.1, 0.15) is 11.6 Å². The van der Waals surface area contributed by atoms with E-state index < -0.39 is 23.1 Å². The Morgan fingerprint density at radius 1 is 1.03 bits per heavy atom. The van der Waals surface area contributed by atoms with Gasteiger partial charge in [-0.15, -0.1) is 0 Å². The first-order valence-corrected chi connectivity index (χ1v) is 21.2. The Balaban J connectivity index is 0.948. The summed E-state index contributed by atoms with van der Waals surface area (Å²) in [6, 6.07) is 10.3. The normalized spacial score (nSPS) is 21.8. The highest BCUT2D eigenvalue weighted by Gasteiger charge is 2.57. The van der Waals surface area contributed by atoms with Crippen LogP contribution in [0, 0.1) is 16.6 Å². The van der Waals surface area contributed by atoms with Gasteiger partial charge in [0.25, 0.3) is 5.91 Å². The Kier molecular flexibility index (Phi) is 11.5. The number of hydrogen-bond acceptors (Lipinski definition) is 8. The molecule has 2 aliphatic heterocycles. The maximum absolute atomic E-state index is 15.8. The van der Waals surface area contributed by atoms with Gasteiger partial charge >= 0.3 is 5.97 Å². The highest BCUT2D eigenvalue weighted by molar-refractivity contribution is 6.39. The molecule has 59 heavy (non-hydrogen) atoms. The number of carboxylic acid groups (broad SMARTS) is 1. The zero-order valence-electron chi connectivity index (χ0n) is 33.7. The minimum Gasteiger partial charge on any atom is -0.496 e. The Bertz CT molecular complexity index is 2300. The van der Waals surface area contributed by atoms with Crippen molar-refractivity contribution >= 4 is 46.7 Å². The average Bonchev–Trinajstić information content (AvgIpc) is 3.91. The average molecular weight is 847 g/mol. The van der Waals surface area contributed by atoms with E-state index in [4.69, 9.17) is 32.9 Å². The van der Waals surface area contributed by atoms with Crippen molar-refractivity contribution in [3.8, 4) is 28.1 Å². The molecule has 4 aliphatic rings. The van der Waals surface area contributed by atoms with Crippen molar-refractivity contribution in [1.82, 2.24) is 29.7 Å². The lowest BCUT2D eigenvalue weighted by atomic mass is 9.80. The van der Waals surface area contributed by atoms with Crippen LogP contribution in [-0.4, -0.2) is 86.6 Å². The van der Waals surface area contributed by atoms with Crippen molar-refractivity contribution in [1.29, 1.82) is 0 Å². The Labute approximate surface area is 353 Å². The smallest absolute Gasteiger partial charge is 0.309 e. The molecule has 0 radical (unpaired) electrons. The Hall–Kier alpha value is -4.56. The van der Waals surface area contributed by atoms with Crippen LogP contribution in [0.1, 0.15) is 85.9 Å². The number of nitrogens with one attached hydrogen (secondary N) is 2. The summed E-state index contributed by atoms with van der Waals surface area (Å²) in [7, 11) is 3.35. The van der Waals surface area contributed by atoms with Gasteiger partial charge in [-0.05, 0) is 87.6 Å². The number of carboxylic acids is 1. The minimum atomic E-state index is -0.636. The van der Waals surface area contributed by atoms with Crippen LogP contribution in [0.5, 0.6) is 5.75 Å². The minimum absolute atomic E-state index is 0.0641. The molecule has 4 aromatic rings. The predicted molar refractivity (Wildman–Crippen MR) is 224 cm³/mol. The van der Waals surface area contributed by atoms with Crippen LogP contribution in [-0.2, 0) is 36.1 Å². The first-order chi connectivity index (χ1) is 28.3. The van der Waals surface area contributed by atoms with Gasteiger partial charge < -0.3 is 29.9 Å². The molecule has 2 aliphatic carbocycles. The quantitative estimate of drug-likeness (QED) is 0.131. The molecule has 2 amide bonds. The van der Waals surface area contributed by atoms with Gasteiger partial charge in [0.15, 0.2) is 5.82 Å². The molecule has 3 N–H and O–H groups in total. The van der Waals surface area contributed by atoms with E-state index >= 15 is 4.39 Å². The largest absolute Gasteiger partial charge is 0.496 e. The van der Waals surface area contributed by atoms with E-state index in [1.807, 2.05) is 16.5 Å². The van der Waals surface area contributed by atoms with E-state index in [0.717, 1.165) is 82.3 Å². The van der Waals surface area contributed by atoms with Crippen molar-refractivity contribution < 1.29 is 28.6 Å². The molecule has 12 nitrogen and oxygen atoms in total. The molecular formula is C44H50Cl2FN7O5. The zero-order valence-corrected chi connectivity index (χ0v) is 35.2. The summed E-state index contributed by atoms with van der Waals surface area (Å²) < 4.78 is 23.3. The number of carbonyl (C=O) groups excluding carboxylic acids is 2. The molecule has 15 heteroatoms. The van der Waals surface area contributed by atoms with Crippen molar-refractivity contribution in [3.63, 3.8) is 0 Å². The monoisotopic (exact) mass is 845 g/mol. The van der Waals surface area contributed by atoms with E-state index in [2.05, 4.69) is 20.5 Å². The molecule has 3 fully saturated rings. The Morgan fingerprint density at radius 2 is 1.78 bits per heavy atom. The lowest BCUT2D eigenvalue weighted by molar-refractivity contribution is -0.148. The topological polar surface area (TPSA) is 142 Å². The second-order valence-electron chi connectivity index (χ2n) is 16.9. The van der Waals surface area contributed by atoms with Crippen LogP contribution < -0.4 is 15.4 Å². The highest BCUT2D eigenvalue weighted by Crippen LogP contribution is 2.63. The molecule has 0 atom stereocenters. The van der Waals surface area contributed by atoms with Crippen molar-refractivity contribution in [2.24, 2.45) is 17.9 Å². The van der Waals surface area contributed by atoms with Gasteiger partial charge in [-0.3, -0.25) is 24.3 Å². The summed E-state index contributed by atoms with van der Waals surface area (Å²) in [5.74, 6) is -0.790. The van der Waals surface area contributed by atoms with Crippen LogP contribution in [0.25, 0.3) is 22.4 Å². The lowest BCUT2D eigenvalue weighted by Crippen LogP contribution is -2.44. The summed E-state index contributed by atoms with van der Waals surface area (Å²) in [5, 5.41) is 16.7. The maximum atomic E-state index is 15.8. The summed E-state index contributed by atoms with van der Waals surface area (Å²) in [5.41, 5.74) is 4.15. The predicted octanol–water partition coefficient (Wildman–Crippen LogP) is 7.74. The van der Waals surface area contributed by atoms with E-state index in [1.54, 1.807) is 43.5 Å². The molecule has 2 bridgehead atoms. The number of amides is 2. The number of aromatic nitrogens is 3. The van der Waals surface area contributed by atoms with Crippen molar-refractivity contribution in [3.05, 3.63) is 81.2 Å². The number of likely N-dealkylation sites (tertiary alicyclic amines) is 1. The summed E-state index contributed by atoms with van der Waals surface area (Å²) >= 11 is 14.0. The summed E-state index contributed by atoms with van der Waals surface area (Å²) in [6.45, 7) is 5.52. The highest BCUT2D eigenvalue weighted by atomic mass is 35.5. The Morgan fingerprint density at radius 3 is 2.47 bits per heavy atom. The number of hydrogen-bond donors (Lipinski definition) is 3. The number of fused-ring (bicyclic) bond motifs is 3. The third-order valence-corrected chi connectivity index (χ3v) is 14.3. The van der Waals surface area contributed by atoms with E-state index in [9.17, 15) is 19.5 Å². The number of ether oxygens (including phenoxy) is 1. The van der Waals surface area contributed by atoms with Crippen LogP contribution in [0.4, 0.5) is 10.1 Å². The number of halogens is 3. The number of carbonyl (C=O) groups is 3. The zero-order chi connectivity index (χ0) is 41.6. The first kappa shape index (κ1) is 41.2. The second kappa shape index (κ2) is 16.5. The number of benzene rings is 2. The van der Waals surface area contributed by atoms with Gasteiger partial charge in [-0.1, -0.05) is 35.3 Å². The van der Waals surface area contributed by atoms with Gasteiger partial charge in [-0.25, -0.2) is 9.37 Å². The molecule has 0 spiro atoms. The lowest BCUT2D eigenvalue weighted by Gasteiger charge is -2.32. The standard InChI is InChI=1S/C44H50Cl2FN7O5/c1-26(55)54-18-8-28(9-19-54)49-23-31-32(47)21-27(22-36(31)59-3)39-38(46)30(7-16-48-39)29-5-4-6-33(37(29)45)51-41(56)40-50-34-24-53(17-10-35(34)52(40)2)20-15-43-11-13-44(25-43,14-12-43)42(57)58/h4-7,16,21-22,28,49H,8-15,17-20,23-25H2,1-3H3,(H,51,56)(H,57,58). The molecule has 8 rings (SSSR count). The number of methoxy groups -OCH3 is 1. The molecule has 312 valence electrons. The number of rotatable bonds is 12. The van der Waals surface area contributed by atoms with E-state index in [1.165, 1.54) is 13.2 Å². The fourth-order valence-corrected chi connectivity index (χ4v) is 10.5. The molecule has 1 saturated heterocycles. The number of nitrogens with zero attached hydrogens (tertiary/aromatic N) is 5. The van der Waals surface area contributed by atoms with Crippen LogP contribution in [0.2, 0.25) is 10.0 Å². The van der Waals surface area contributed by atoms with Crippen LogP contribution in [0.15, 0.2) is 42.6 Å². The number of anilines is 1. The van der Waals surface area contributed by atoms with Gasteiger partial charge in [-0.2, -0.15) is 0 Å². The number of piperidine rings is 1. The van der Waals surface area contributed by atoms with Gasteiger partial charge in [0.05, 0.1) is 39.6 Å². The summed E-state index contributed by atoms with van der Waals surface area (Å²) in [4.78, 5) is 51.0. The third-order valence-electron chi connectivity index (χ3n) is 13.5. The molecular weight excluding hydrogens is 796 g/mol. The number of imidazole rings is 1. The number of pyridine rings is 1. The van der Waals surface area contributed by atoms with E-state index in [-0.39, 0.29) is 39.8 Å². The van der Waals surface area contributed by atoms with Gasteiger partial charge in [0, 0.05) is 93.3 Å².